The van der Waals surface area contributed by atoms with E-state index in [0.29, 0.717) is 22.9 Å². The molecule has 2 N–H and O–H groups in total. The Kier molecular flexibility index (Phi) is 3.87. The fraction of sp³-hybridized carbons (Fsp3) is 0.125. The van der Waals surface area contributed by atoms with Crippen LogP contribution in [0.5, 0.6) is 11.5 Å². The minimum absolute atomic E-state index is 0.193. The first kappa shape index (κ1) is 14.9. The zero-order valence-corrected chi connectivity index (χ0v) is 13.0. The molecule has 25 heavy (non-hydrogen) atoms. The first-order chi connectivity index (χ1) is 12.3. The van der Waals surface area contributed by atoms with E-state index in [-0.39, 0.29) is 19.4 Å². The number of nitrogens with zero attached hydrogens (tertiary/aromatic N) is 4. The summed E-state index contributed by atoms with van der Waals surface area (Å²) in [5, 5.41) is 13.5. The first-order valence-corrected chi connectivity index (χ1v) is 7.54. The molecule has 126 valence electrons. The number of amides is 2. The van der Waals surface area contributed by atoms with Gasteiger partial charge in [-0.15, -0.1) is 5.10 Å². The zero-order chi connectivity index (χ0) is 17.1. The van der Waals surface area contributed by atoms with Gasteiger partial charge in [0, 0.05) is 24.1 Å². The maximum Gasteiger partial charge on any atom is 0.319 e. The molecule has 0 aliphatic carbocycles. The van der Waals surface area contributed by atoms with Crippen LogP contribution in [0.15, 0.2) is 48.9 Å². The average molecular weight is 338 g/mol. The molecule has 0 atom stereocenters. The lowest BCUT2D eigenvalue weighted by Gasteiger charge is -2.07. The molecule has 0 saturated carbocycles. The summed E-state index contributed by atoms with van der Waals surface area (Å²) in [7, 11) is 0. The molecule has 0 fully saturated rings. The number of urea groups is 1. The number of hydrogen-bond donors (Lipinski definition) is 2. The number of hydrogen-bond acceptors (Lipinski definition) is 6. The standard InChI is InChI=1S/C16H14N6O3/c23-16(19-11-1-2-14-15(7-11)25-10-24-14)18-8-12-9-22(21-20-12)13-3-5-17-6-4-13/h1-7,9H,8,10H2,(H2,18,19,23). The maximum absolute atomic E-state index is 12.0. The summed E-state index contributed by atoms with van der Waals surface area (Å²) in [6, 6.07) is 8.49. The summed E-state index contributed by atoms with van der Waals surface area (Å²) in [4.78, 5) is 16.0. The van der Waals surface area contributed by atoms with Gasteiger partial charge in [0.1, 0.15) is 5.69 Å². The van der Waals surface area contributed by atoms with Crippen molar-refractivity contribution in [2.75, 3.05) is 12.1 Å². The summed E-state index contributed by atoms with van der Waals surface area (Å²) in [6.45, 7) is 0.444. The molecule has 1 aromatic carbocycles. The molecule has 2 aromatic heterocycles. The van der Waals surface area contributed by atoms with E-state index in [0.717, 1.165) is 5.69 Å². The summed E-state index contributed by atoms with van der Waals surface area (Å²) >= 11 is 0. The summed E-state index contributed by atoms with van der Waals surface area (Å²) < 4.78 is 12.1. The Labute approximate surface area is 142 Å². The zero-order valence-electron chi connectivity index (χ0n) is 13.0. The van der Waals surface area contributed by atoms with Crippen LogP contribution in [0.25, 0.3) is 5.69 Å². The van der Waals surface area contributed by atoms with Crippen molar-refractivity contribution >= 4 is 11.7 Å². The predicted molar refractivity (Wildman–Crippen MR) is 87.6 cm³/mol. The lowest BCUT2D eigenvalue weighted by molar-refractivity contribution is 0.174. The third kappa shape index (κ3) is 3.34. The Bertz CT molecular complexity index is 896. The van der Waals surface area contributed by atoms with Gasteiger partial charge in [0.25, 0.3) is 0 Å². The molecule has 0 saturated heterocycles. The van der Waals surface area contributed by atoms with E-state index in [1.165, 1.54) is 0 Å². The van der Waals surface area contributed by atoms with E-state index in [1.54, 1.807) is 41.5 Å². The molecule has 0 bridgehead atoms. The van der Waals surface area contributed by atoms with Crippen molar-refractivity contribution in [3.8, 4) is 17.2 Å². The van der Waals surface area contributed by atoms with Crippen molar-refractivity contribution < 1.29 is 14.3 Å². The Hall–Kier alpha value is -3.62. The average Bonchev–Trinajstić information content (AvgIpc) is 3.30. The van der Waals surface area contributed by atoms with Crippen LogP contribution in [-0.2, 0) is 6.54 Å². The quantitative estimate of drug-likeness (QED) is 0.751. The minimum Gasteiger partial charge on any atom is -0.454 e. The Balaban J connectivity index is 1.34. The van der Waals surface area contributed by atoms with Crippen LogP contribution in [0.1, 0.15) is 5.69 Å². The van der Waals surface area contributed by atoms with Crippen LogP contribution in [-0.4, -0.2) is 32.8 Å². The predicted octanol–water partition coefficient (Wildman–Crippen LogP) is 1.71. The third-order valence-electron chi connectivity index (χ3n) is 3.53. The Morgan fingerprint density at radius 3 is 2.88 bits per heavy atom. The van der Waals surface area contributed by atoms with Gasteiger partial charge in [-0.05, 0) is 24.3 Å². The number of benzene rings is 1. The van der Waals surface area contributed by atoms with Crippen LogP contribution in [0.2, 0.25) is 0 Å². The van der Waals surface area contributed by atoms with E-state index in [1.807, 2.05) is 12.1 Å². The van der Waals surface area contributed by atoms with Crippen LogP contribution >= 0.6 is 0 Å². The molecule has 0 radical (unpaired) electrons. The van der Waals surface area contributed by atoms with E-state index in [2.05, 4.69) is 25.9 Å². The Morgan fingerprint density at radius 2 is 2.00 bits per heavy atom. The van der Waals surface area contributed by atoms with Gasteiger partial charge in [-0.1, -0.05) is 5.21 Å². The van der Waals surface area contributed by atoms with E-state index in [9.17, 15) is 4.79 Å². The van der Waals surface area contributed by atoms with Gasteiger partial charge in [0.2, 0.25) is 6.79 Å². The number of ether oxygens (including phenoxy) is 2. The minimum atomic E-state index is -0.350. The van der Waals surface area contributed by atoms with Gasteiger partial charge in [0.15, 0.2) is 11.5 Å². The van der Waals surface area contributed by atoms with E-state index in [4.69, 9.17) is 9.47 Å². The lowest BCUT2D eigenvalue weighted by Crippen LogP contribution is -2.28. The second-order valence-corrected chi connectivity index (χ2v) is 5.24. The molecule has 0 spiro atoms. The molecule has 4 rings (SSSR count). The largest absolute Gasteiger partial charge is 0.454 e. The smallest absolute Gasteiger partial charge is 0.319 e. The highest BCUT2D eigenvalue weighted by molar-refractivity contribution is 5.89. The SMILES string of the molecule is O=C(NCc1cn(-c2ccncc2)nn1)Nc1ccc2c(c1)OCO2. The van der Waals surface area contributed by atoms with Crippen molar-refractivity contribution in [2.24, 2.45) is 0 Å². The number of rotatable bonds is 4. The first-order valence-electron chi connectivity index (χ1n) is 7.54. The van der Waals surface area contributed by atoms with Gasteiger partial charge in [-0.25, -0.2) is 9.48 Å². The lowest BCUT2D eigenvalue weighted by atomic mass is 10.3. The number of anilines is 1. The Morgan fingerprint density at radius 1 is 1.16 bits per heavy atom. The molecular weight excluding hydrogens is 324 g/mol. The van der Waals surface area contributed by atoms with Crippen molar-refractivity contribution in [2.45, 2.75) is 6.54 Å². The van der Waals surface area contributed by atoms with Crippen molar-refractivity contribution in [3.63, 3.8) is 0 Å². The van der Waals surface area contributed by atoms with Crippen molar-refractivity contribution in [3.05, 3.63) is 54.6 Å². The molecule has 9 heteroatoms. The summed E-state index contributed by atoms with van der Waals surface area (Å²) in [5.74, 6) is 1.27. The topological polar surface area (TPSA) is 103 Å². The van der Waals surface area contributed by atoms with E-state index < -0.39 is 0 Å². The second kappa shape index (κ2) is 6.48. The highest BCUT2D eigenvalue weighted by Gasteiger charge is 2.14. The number of carbonyl (C=O) groups is 1. The molecule has 1 aliphatic rings. The highest BCUT2D eigenvalue weighted by atomic mass is 16.7. The fourth-order valence-corrected chi connectivity index (χ4v) is 2.32. The van der Waals surface area contributed by atoms with Gasteiger partial charge < -0.3 is 20.1 Å². The molecule has 2 amide bonds. The van der Waals surface area contributed by atoms with Gasteiger partial charge >= 0.3 is 6.03 Å². The van der Waals surface area contributed by atoms with Gasteiger partial charge in [-0.3, -0.25) is 4.98 Å². The summed E-state index contributed by atoms with van der Waals surface area (Å²) in [6.07, 6.45) is 5.09. The van der Waals surface area contributed by atoms with Crippen molar-refractivity contribution in [1.82, 2.24) is 25.3 Å². The molecule has 9 nitrogen and oxygen atoms in total. The second-order valence-electron chi connectivity index (χ2n) is 5.24. The highest BCUT2D eigenvalue weighted by Crippen LogP contribution is 2.34. The number of pyridine rings is 1. The fourth-order valence-electron chi connectivity index (χ4n) is 2.32. The van der Waals surface area contributed by atoms with Gasteiger partial charge in [-0.2, -0.15) is 0 Å². The number of carbonyl (C=O) groups excluding carboxylic acids is 1. The molecular formula is C16H14N6O3. The number of fused-ring (bicyclic) bond motifs is 1. The van der Waals surface area contributed by atoms with Crippen molar-refractivity contribution in [1.29, 1.82) is 0 Å². The normalized spacial score (nSPS) is 12.0. The molecule has 3 heterocycles. The van der Waals surface area contributed by atoms with Gasteiger partial charge in [0.05, 0.1) is 18.4 Å². The third-order valence-corrected chi connectivity index (χ3v) is 3.53. The number of nitrogens with one attached hydrogen (secondary N) is 2. The molecule has 0 unspecified atom stereocenters. The van der Waals surface area contributed by atoms with Crippen LogP contribution < -0.4 is 20.1 Å². The van der Waals surface area contributed by atoms with Crippen LogP contribution in [0, 0.1) is 0 Å². The van der Waals surface area contributed by atoms with Crippen LogP contribution in [0.4, 0.5) is 10.5 Å². The number of aromatic nitrogens is 4. The molecule has 1 aliphatic heterocycles. The van der Waals surface area contributed by atoms with E-state index >= 15 is 0 Å². The monoisotopic (exact) mass is 338 g/mol. The molecule has 3 aromatic rings. The van der Waals surface area contributed by atoms with Crippen LogP contribution in [0.3, 0.4) is 0 Å². The maximum atomic E-state index is 12.0. The summed E-state index contributed by atoms with van der Waals surface area (Å²) in [5.41, 5.74) is 2.10.